The zero-order chi connectivity index (χ0) is 23.3. The van der Waals surface area contributed by atoms with E-state index in [1.165, 1.54) is 32.4 Å². The highest BCUT2D eigenvalue weighted by Gasteiger charge is 2.30. The molecule has 0 saturated heterocycles. The van der Waals surface area contributed by atoms with E-state index in [4.69, 9.17) is 9.47 Å². The third-order valence-electron chi connectivity index (χ3n) is 4.64. The molecular formula is C23H23FN2O5S. The van der Waals surface area contributed by atoms with Gasteiger partial charge in [-0.15, -0.1) is 0 Å². The number of anilines is 2. The number of halogens is 1. The van der Waals surface area contributed by atoms with Crippen molar-refractivity contribution in [3.05, 3.63) is 78.1 Å². The summed E-state index contributed by atoms with van der Waals surface area (Å²) in [6.07, 6.45) is 0. The van der Waals surface area contributed by atoms with Crippen molar-refractivity contribution in [3.8, 4) is 11.5 Å². The third kappa shape index (κ3) is 5.17. The Bertz CT molecular complexity index is 1210. The van der Waals surface area contributed by atoms with Gasteiger partial charge in [0.05, 0.1) is 19.9 Å². The van der Waals surface area contributed by atoms with Crippen LogP contribution in [0, 0.1) is 12.7 Å². The highest BCUT2D eigenvalue weighted by molar-refractivity contribution is 7.93. The normalized spacial score (nSPS) is 11.0. The summed E-state index contributed by atoms with van der Waals surface area (Å²) in [5.41, 5.74) is 1.28. The zero-order valence-electron chi connectivity index (χ0n) is 17.8. The van der Waals surface area contributed by atoms with Crippen LogP contribution in [0.1, 0.15) is 5.56 Å². The van der Waals surface area contributed by atoms with Crippen LogP contribution in [0.3, 0.4) is 0 Å². The molecule has 7 nitrogen and oxygen atoms in total. The molecular weight excluding hydrogens is 435 g/mol. The van der Waals surface area contributed by atoms with Gasteiger partial charge in [0.25, 0.3) is 10.0 Å². The first-order valence-electron chi connectivity index (χ1n) is 9.61. The Balaban J connectivity index is 2.00. The zero-order valence-corrected chi connectivity index (χ0v) is 18.6. The predicted octanol–water partition coefficient (Wildman–Crippen LogP) is 3.99. The van der Waals surface area contributed by atoms with E-state index in [1.807, 2.05) is 0 Å². The van der Waals surface area contributed by atoms with Gasteiger partial charge in [-0.1, -0.05) is 12.1 Å². The number of hydrogen-bond acceptors (Lipinski definition) is 5. The second-order valence-electron chi connectivity index (χ2n) is 6.92. The number of rotatable bonds is 8. The van der Waals surface area contributed by atoms with Crippen molar-refractivity contribution in [1.29, 1.82) is 0 Å². The number of aryl methyl sites for hydroxylation is 1. The van der Waals surface area contributed by atoms with E-state index in [9.17, 15) is 17.6 Å². The van der Waals surface area contributed by atoms with Gasteiger partial charge in [0.1, 0.15) is 28.8 Å². The Hall–Kier alpha value is -3.59. The summed E-state index contributed by atoms with van der Waals surface area (Å²) in [5.74, 6) is -0.441. The van der Waals surface area contributed by atoms with Crippen molar-refractivity contribution in [2.24, 2.45) is 0 Å². The second kappa shape index (κ2) is 9.69. The number of hydrogen-bond donors (Lipinski definition) is 1. The van der Waals surface area contributed by atoms with Crippen LogP contribution in [0.2, 0.25) is 0 Å². The first kappa shape index (κ1) is 23.1. The highest BCUT2D eigenvalue weighted by atomic mass is 32.2. The average molecular weight is 459 g/mol. The van der Waals surface area contributed by atoms with Crippen LogP contribution in [0.15, 0.2) is 71.6 Å². The van der Waals surface area contributed by atoms with Gasteiger partial charge in [0, 0.05) is 11.8 Å². The Morgan fingerprint density at radius 1 is 1.00 bits per heavy atom. The molecule has 1 N–H and O–H groups in total. The minimum absolute atomic E-state index is 0.0986. The van der Waals surface area contributed by atoms with Gasteiger partial charge >= 0.3 is 0 Å². The minimum Gasteiger partial charge on any atom is -0.497 e. The van der Waals surface area contributed by atoms with Crippen molar-refractivity contribution in [2.45, 2.75) is 11.8 Å². The molecule has 0 saturated carbocycles. The SMILES string of the molecule is COc1cccc(NC(=O)CN(c2ccc(F)cc2)S(=O)(=O)c2cc(C)ccc2OC)c1. The van der Waals surface area contributed by atoms with Gasteiger partial charge < -0.3 is 14.8 Å². The average Bonchev–Trinajstić information content (AvgIpc) is 2.78. The number of nitrogens with one attached hydrogen (secondary N) is 1. The van der Waals surface area contributed by atoms with Crippen molar-refractivity contribution >= 4 is 27.3 Å². The Labute approximate surface area is 186 Å². The van der Waals surface area contributed by atoms with E-state index in [2.05, 4.69) is 5.32 Å². The summed E-state index contributed by atoms with van der Waals surface area (Å²) >= 11 is 0. The summed E-state index contributed by atoms with van der Waals surface area (Å²) in [6, 6.07) is 16.3. The van der Waals surface area contributed by atoms with Crippen LogP contribution < -0.4 is 19.1 Å². The minimum atomic E-state index is -4.23. The van der Waals surface area contributed by atoms with E-state index in [-0.39, 0.29) is 16.3 Å². The molecule has 0 aliphatic rings. The first-order valence-corrected chi connectivity index (χ1v) is 11.1. The van der Waals surface area contributed by atoms with Crippen LogP contribution in [-0.2, 0) is 14.8 Å². The molecule has 0 unspecified atom stereocenters. The monoisotopic (exact) mass is 458 g/mol. The van der Waals surface area contributed by atoms with E-state index < -0.39 is 28.3 Å². The molecule has 0 aromatic heterocycles. The molecule has 3 aromatic rings. The quantitative estimate of drug-likeness (QED) is 0.552. The summed E-state index contributed by atoms with van der Waals surface area (Å²) < 4.78 is 52.0. The number of carbonyl (C=O) groups is 1. The van der Waals surface area contributed by atoms with Crippen molar-refractivity contribution in [3.63, 3.8) is 0 Å². The van der Waals surface area contributed by atoms with Gasteiger partial charge in [-0.25, -0.2) is 12.8 Å². The van der Waals surface area contributed by atoms with Crippen molar-refractivity contribution < 1.29 is 27.1 Å². The molecule has 3 aromatic carbocycles. The standard InChI is InChI=1S/C23H23FN2O5S/c1-16-7-12-21(31-3)22(13-16)32(28,29)26(19-10-8-17(24)9-11-19)15-23(27)25-18-5-4-6-20(14-18)30-2/h4-14H,15H2,1-3H3,(H,25,27). The van der Waals surface area contributed by atoms with Crippen LogP contribution >= 0.6 is 0 Å². The topological polar surface area (TPSA) is 84.9 Å². The molecule has 3 rings (SSSR count). The lowest BCUT2D eigenvalue weighted by atomic mass is 10.2. The number of sulfonamides is 1. The number of carbonyl (C=O) groups excluding carboxylic acids is 1. The largest absolute Gasteiger partial charge is 0.497 e. The van der Waals surface area contributed by atoms with Crippen molar-refractivity contribution in [2.75, 3.05) is 30.4 Å². The molecule has 168 valence electrons. The fourth-order valence-corrected chi connectivity index (χ4v) is 4.72. The number of methoxy groups -OCH3 is 2. The molecule has 0 spiro atoms. The highest BCUT2D eigenvalue weighted by Crippen LogP contribution is 2.31. The molecule has 0 aliphatic carbocycles. The molecule has 32 heavy (non-hydrogen) atoms. The van der Waals surface area contributed by atoms with Gasteiger partial charge in [-0.05, 0) is 61.0 Å². The fourth-order valence-electron chi connectivity index (χ4n) is 3.06. The lowest BCUT2D eigenvalue weighted by Crippen LogP contribution is -2.38. The second-order valence-corrected chi connectivity index (χ2v) is 8.75. The lowest BCUT2D eigenvalue weighted by molar-refractivity contribution is -0.114. The molecule has 0 aliphatic heterocycles. The Morgan fingerprint density at radius 2 is 1.72 bits per heavy atom. The molecule has 0 radical (unpaired) electrons. The fraction of sp³-hybridized carbons (Fsp3) is 0.174. The van der Waals surface area contributed by atoms with Crippen LogP contribution in [0.5, 0.6) is 11.5 Å². The van der Waals surface area contributed by atoms with Crippen LogP contribution in [0.25, 0.3) is 0 Å². The van der Waals surface area contributed by atoms with Crippen molar-refractivity contribution in [1.82, 2.24) is 0 Å². The molecule has 1 amide bonds. The number of amides is 1. The molecule has 0 fully saturated rings. The van der Waals surface area contributed by atoms with Crippen LogP contribution in [0.4, 0.5) is 15.8 Å². The summed E-state index contributed by atoms with van der Waals surface area (Å²) in [6.45, 7) is 1.21. The van der Waals surface area contributed by atoms with E-state index in [0.29, 0.717) is 17.0 Å². The van der Waals surface area contributed by atoms with E-state index >= 15 is 0 Å². The summed E-state index contributed by atoms with van der Waals surface area (Å²) in [7, 11) is -1.37. The maximum Gasteiger partial charge on any atom is 0.268 e. The van der Waals surface area contributed by atoms with E-state index in [0.717, 1.165) is 16.4 Å². The van der Waals surface area contributed by atoms with Gasteiger partial charge in [-0.2, -0.15) is 0 Å². The lowest BCUT2D eigenvalue weighted by Gasteiger charge is -2.25. The van der Waals surface area contributed by atoms with Gasteiger partial charge in [0.15, 0.2) is 0 Å². The predicted molar refractivity (Wildman–Crippen MR) is 120 cm³/mol. The van der Waals surface area contributed by atoms with E-state index in [1.54, 1.807) is 43.3 Å². The summed E-state index contributed by atoms with van der Waals surface area (Å²) in [5, 5.41) is 2.66. The molecule has 9 heteroatoms. The number of ether oxygens (including phenoxy) is 2. The van der Waals surface area contributed by atoms with Gasteiger partial charge in [-0.3, -0.25) is 9.10 Å². The number of benzene rings is 3. The Morgan fingerprint density at radius 3 is 2.38 bits per heavy atom. The Kier molecular flexibility index (Phi) is 6.99. The smallest absolute Gasteiger partial charge is 0.268 e. The first-order chi connectivity index (χ1) is 15.2. The maximum absolute atomic E-state index is 13.6. The summed E-state index contributed by atoms with van der Waals surface area (Å²) in [4.78, 5) is 12.7. The van der Waals surface area contributed by atoms with Crippen LogP contribution in [-0.4, -0.2) is 35.1 Å². The molecule has 0 bridgehead atoms. The van der Waals surface area contributed by atoms with Gasteiger partial charge in [0.2, 0.25) is 5.91 Å². The number of nitrogens with zero attached hydrogens (tertiary/aromatic N) is 1. The third-order valence-corrected chi connectivity index (χ3v) is 6.44. The maximum atomic E-state index is 13.6. The molecule has 0 heterocycles. The molecule has 0 atom stereocenters.